The summed E-state index contributed by atoms with van der Waals surface area (Å²) >= 11 is 0. The van der Waals surface area contributed by atoms with E-state index >= 15 is 0 Å². The van der Waals surface area contributed by atoms with Gasteiger partial charge in [0.1, 0.15) is 0 Å². The second-order valence-electron chi connectivity index (χ2n) is 5.25. The maximum absolute atomic E-state index is 3.71. The van der Waals surface area contributed by atoms with Gasteiger partial charge in [0, 0.05) is 12.1 Å². The zero-order valence-electron chi connectivity index (χ0n) is 9.64. The van der Waals surface area contributed by atoms with E-state index in [0.29, 0.717) is 6.04 Å². The lowest BCUT2D eigenvalue weighted by Crippen LogP contribution is -2.43. The first-order valence-corrected chi connectivity index (χ1v) is 5.85. The van der Waals surface area contributed by atoms with Gasteiger partial charge in [-0.05, 0) is 31.1 Å². The van der Waals surface area contributed by atoms with Gasteiger partial charge in [0.2, 0.25) is 0 Å². The molecule has 1 heteroatoms. The molecule has 0 aromatic heterocycles. The predicted molar refractivity (Wildman–Crippen MR) is 58.9 cm³/mol. The predicted octanol–water partition coefficient (Wildman–Crippen LogP) is 3.20. The average Bonchev–Trinajstić information content (AvgIpc) is 1.78. The molecule has 1 aliphatic rings. The van der Waals surface area contributed by atoms with Gasteiger partial charge < -0.3 is 5.32 Å². The SMILES string of the molecule is CC(C)CC(NC(C)C)C1CCC1. The molecule has 0 saturated heterocycles. The van der Waals surface area contributed by atoms with Crippen LogP contribution in [-0.4, -0.2) is 12.1 Å². The number of hydrogen-bond donors (Lipinski definition) is 1. The topological polar surface area (TPSA) is 12.0 Å². The molecule has 0 aromatic rings. The third kappa shape index (κ3) is 3.68. The van der Waals surface area contributed by atoms with Crippen molar-refractivity contribution in [3.05, 3.63) is 0 Å². The first kappa shape index (κ1) is 11.0. The van der Waals surface area contributed by atoms with Crippen LogP contribution in [0.3, 0.4) is 0 Å². The Morgan fingerprint density at radius 3 is 2.08 bits per heavy atom. The van der Waals surface area contributed by atoms with Crippen LogP contribution < -0.4 is 5.32 Å². The van der Waals surface area contributed by atoms with E-state index in [9.17, 15) is 0 Å². The van der Waals surface area contributed by atoms with E-state index in [1.165, 1.54) is 25.7 Å². The average molecular weight is 183 g/mol. The Morgan fingerprint density at radius 2 is 1.77 bits per heavy atom. The minimum atomic E-state index is 0.643. The van der Waals surface area contributed by atoms with Crippen LogP contribution in [0.4, 0.5) is 0 Å². The lowest BCUT2D eigenvalue weighted by Gasteiger charge is -2.36. The summed E-state index contributed by atoms with van der Waals surface area (Å²) in [4.78, 5) is 0. The third-order valence-corrected chi connectivity index (χ3v) is 2.99. The maximum Gasteiger partial charge on any atom is 0.0100 e. The van der Waals surface area contributed by atoms with Crippen molar-refractivity contribution in [2.45, 2.75) is 65.5 Å². The fraction of sp³-hybridized carbons (Fsp3) is 1.00. The maximum atomic E-state index is 3.71. The van der Waals surface area contributed by atoms with Crippen LogP contribution >= 0.6 is 0 Å². The summed E-state index contributed by atoms with van der Waals surface area (Å²) < 4.78 is 0. The van der Waals surface area contributed by atoms with Crippen molar-refractivity contribution in [1.82, 2.24) is 5.32 Å². The highest BCUT2D eigenvalue weighted by Crippen LogP contribution is 2.32. The fourth-order valence-corrected chi connectivity index (χ4v) is 2.17. The summed E-state index contributed by atoms with van der Waals surface area (Å²) in [5.74, 6) is 1.81. The minimum Gasteiger partial charge on any atom is -0.311 e. The molecule has 1 N–H and O–H groups in total. The Kier molecular flexibility index (Phi) is 4.24. The van der Waals surface area contributed by atoms with Crippen molar-refractivity contribution >= 4 is 0 Å². The van der Waals surface area contributed by atoms with Crippen molar-refractivity contribution < 1.29 is 0 Å². The van der Waals surface area contributed by atoms with Gasteiger partial charge in [-0.3, -0.25) is 0 Å². The molecule has 0 heterocycles. The van der Waals surface area contributed by atoms with Crippen LogP contribution in [0, 0.1) is 11.8 Å². The highest BCUT2D eigenvalue weighted by Gasteiger charge is 2.27. The van der Waals surface area contributed by atoms with E-state index in [0.717, 1.165) is 17.9 Å². The van der Waals surface area contributed by atoms with Gasteiger partial charge in [-0.2, -0.15) is 0 Å². The van der Waals surface area contributed by atoms with E-state index in [1.54, 1.807) is 0 Å². The smallest absolute Gasteiger partial charge is 0.0100 e. The largest absolute Gasteiger partial charge is 0.311 e. The van der Waals surface area contributed by atoms with Gasteiger partial charge in [-0.15, -0.1) is 0 Å². The first-order valence-electron chi connectivity index (χ1n) is 5.85. The summed E-state index contributed by atoms with van der Waals surface area (Å²) in [6.07, 6.45) is 5.72. The Hall–Kier alpha value is -0.0400. The standard InChI is InChI=1S/C12H25N/c1-9(2)8-12(13-10(3)4)11-6-5-7-11/h9-13H,5-8H2,1-4H3. The quantitative estimate of drug-likeness (QED) is 0.690. The molecular weight excluding hydrogens is 158 g/mol. The number of nitrogens with one attached hydrogen (secondary N) is 1. The highest BCUT2D eigenvalue weighted by atomic mass is 14.9. The molecule has 0 amide bonds. The first-order chi connectivity index (χ1) is 6.09. The van der Waals surface area contributed by atoms with Crippen LogP contribution in [0.2, 0.25) is 0 Å². The molecule has 0 aliphatic heterocycles. The summed E-state index contributed by atoms with van der Waals surface area (Å²) in [6.45, 7) is 9.17. The highest BCUT2D eigenvalue weighted by molar-refractivity contribution is 4.84. The zero-order valence-corrected chi connectivity index (χ0v) is 9.64. The van der Waals surface area contributed by atoms with E-state index < -0.39 is 0 Å². The molecule has 0 aromatic carbocycles. The molecule has 1 unspecified atom stereocenters. The minimum absolute atomic E-state index is 0.643. The van der Waals surface area contributed by atoms with Gasteiger partial charge in [-0.1, -0.05) is 34.1 Å². The fourth-order valence-electron chi connectivity index (χ4n) is 2.17. The van der Waals surface area contributed by atoms with Gasteiger partial charge in [-0.25, -0.2) is 0 Å². The van der Waals surface area contributed by atoms with Crippen molar-refractivity contribution in [3.63, 3.8) is 0 Å². The molecule has 13 heavy (non-hydrogen) atoms. The Morgan fingerprint density at radius 1 is 1.15 bits per heavy atom. The molecule has 1 aliphatic carbocycles. The molecule has 1 rings (SSSR count). The lowest BCUT2D eigenvalue weighted by molar-refractivity contribution is 0.197. The molecule has 1 saturated carbocycles. The van der Waals surface area contributed by atoms with Gasteiger partial charge in [0.05, 0.1) is 0 Å². The number of rotatable bonds is 5. The molecule has 1 fully saturated rings. The van der Waals surface area contributed by atoms with Crippen molar-refractivity contribution in [1.29, 1.82) is 0 Å². The lowest BCUT2D eigenvalue weighted by atomic mass is 9.77. The van der Waals surface area contributed by atoms with E-state index in [4.69, 9.17) is 0 Å². The van der Waals surface area contributed by atoms with Crippen molar-refractivity contribution in [3.8, 4) is 0 Å². The molecule has 0 bridgehead atoms. The summed E-state index contributed by atoms with van der Waals surface area (Å²) in [5, 5.41) is 3.71. The normalized spacial score (nSPS) is 20.8. The Bertz CT molecular complexity index is 126. The summed E-state index contributed by atoms with van der Waals surface area (Å²) in [6, 6.07) is 1.43. The molecule has 78 valence electrons. The van der Waals surface area contributed by atoms with Gasteiger partial charge in [0.15, 0.2) is 0 Å². The van der Waals surface area contributed by atoms with Crippen LogP contribution in [0.1, 0.15) is 53.4 Å². The molecule has 1 atom stereocenters. The molecule has 0 spiro atoms. The third-order valence-electron chi connectivity index (χ3n) is 2.99. The van der Waals surface area contributed by atoms with E-state index in [-0.39, 0.29) is 0 Å². The van der Waals surface area contributed by atoms with E-state index in [1.807, 2.05) is 0 Å². The van der Waals surface area contributed by atoms with E-state index in [2.05, 4.69) is 33.0 Å². The van der Waals surface area contributed by atoms with Crippen molar-refractivity contribution in [2.24, 2.45) is 11.8 Å². The molecule has 0 radical (unpaired) electrons. The number of hydrogen-bond acceptors (Lipinski definition) is 1. The summed E-state index contributed by atoms with van der Waals surface area (Å²) in [5.41, 5.74) is 0. The second kappa shape index (κ2) is 4.99. The Balaban J connectivity index is 2.33. The Labute approximate surface area is 83.3 Å². The zero-order chi connectivity index (χ0) is 9.84. The van der Waals surface area contributed by atoms with Crippen LogP contribution in [-0.2, 0) is 0 Å². The molecular formula is C12H25N. The monoisotopic (exact) mass is 183 g/mol. The van der Waals surface area contributed by atoms with Gasteiger partial charge in [0.25, 0.3) is 0 Å². The van der Waals surface area contributed by atoms with Gasteiger partial charge >= 0.3 is 0 Å². The van der Waals surface area contributed by atoms with Crippen LogP contribution in [0.15, 0.2) is 0 Å². The van der Waals surface area contributed by atoms with Crippen LogP contribution in [0.25, 0.3) is 0 Å². The molecule has 1 nitrogen and oxygen atoms in total. The van der Waals surface area contributed by atoms with Crippen LogP contribution in [0.5, 0.6) is 0 Å². The summed E-state index contributed by atoms with van der Waals surface area (Å²) in [7, 11) is 0. The second-order valence-corrected chi connectivity index (χ2v) is 5.25. The van der Waals surface area contributed by atoms with Crippen molar-refractivity contribution in [2.75, 3.05) is 0 Å².